The van der Waals surface area contributed by atoms with Crippen molar-refractivity contribution < 1.29 is 18.7 Å². The Kier molecular flexibility index (Phi) is 3.12. The van der Waals surface area contributed by atoms with Gasteiger partial charge in [-0.05, 0) is 19.8 Å². The highest BCUT2D eigenvalue weighted by Gasteiger charge is 2.51. The third-order valence-electron chi connectivity index (χ3n) is 3.73. The van der Waals surface area contributed by atoms with Gasteiger partial charge in [-0.2, -0.15) is 0 Å². The standard InChI is InChI=1S/C12H16F2N2O2/c1-2-16-8-7-15-9(16)11(10(17)18)3-5-12(13,14)6-4-11/h7-8H,2-6H2,1H3,(H,17,18). The Morgan fingerprint density at radius 1 is 1.44 bits per heavy atom. The van der Waals surface area contributed by atoms with Crippen LogP contribution < -0.4 is 0 Å². The highest BCUT2D eigenvalue weighted by Crippen LogP contribution is 2.45. The summed E-state index contributed by atoms with van der Waals surface area (Å²) in [6, 6.07) is 0. The third kappa shape index (κ3) is 2.00. The molecule has 18 heavy (non-hydrogen) atoms. The minimum Gasteiger partial charge on any atom is -0.480 e. The molecule has 0 unspecified atom stereocenters. The Morgan fingerprint density at radius 2 is 2.06 bits per heavy atom. The van der Waals surface area contributed by atoms with Crippen LogP contribution in [0.15, 0.2) is 12.4 Å². The maximum Gasteiger partial charge on any atom is 0.317 e. The molecular weight excluding hydrogens is 242 g/mol. The third-order valence-corrected chi connectivity index (χ3v) is 3.73. The van der Waals surface area contributed by atoms with Crippen LogP contribution in [0.3, 0.4) is 0 Å². The number of nitrogens with zero attached hydrogens (tertiary/aromatic N) is 2. The van der Waals surface area contributed by atoms with Gasteiger partial charge in [-0.3, -0.25) is 4.79 Å². The molecule has 1 aliphatic rings. The van der Waals surface area contributed by atoms with Crippen LogP contribution in [0.1, 0.15) is 38.4 Å². The first-order valence-electron chi connectivity index (χ1n) is 6.04. The van der Waals surface area contributed by atoms with E-state index in [2.05, 4.69) is 4.98 Å². The van der Waals surface area contributed by atoms with Gasteiger partial charge in [0.2, 0.25) is 5.92 Å². The number of aryl methyl sites for hydroxylation is 1. The van der Waals surface area contributed by atoms with Crippen molar-refractivity contribution in [2.24, 2.45) is 0 Å². The van der Waals surface area contributed by atoms with E-state index in [9.17, 15) is 18.7 Å². The maximum absolute atomic E-state index is 13.2. The molecule has 6 heteroatoms. The smallest absolute Gasteiger partial charge is 0.317 e. The fraction of sp³-hybridized carbons (Fsp3) is 0.667. The normalized spacial score (nSPS) is 21.7. The van der Waals surface area contributed by atoms with Crippen molar-refractivity contribution in [3.05, 3.63) is 18.2 Å². The summed E-state index contributed by atoms with van der Waals surface area (Å²) < 4.78 is 28.2. The minimum atomic E-state index is -2.75. The van der Waals surface area contributed by atoms with Gasteiger partial charge in [-0.15, -0.1) is 0 Å². The lowest BCUT2D eigenvalue weighted by molar-refractivity contribution is -0.149. The minimum absolute atomic E-state index is 0.0631. The van der Waals surface area contributed by atoms with Gasteiger partial charge in [0, 0.05) is 31.8 Å². The summed E-state index contributed by atoms with van der Waals surface area (Å²) >= 11 is 0. The molecule has 1 heterocycles. The van der Waals surface area contributed by atoms with E-state index in [-0.39, 0.29) is 12.8 Å². The number of halogens is 2. The average molecular weight is 258 g/mol. The Balaban J connectivity index is 2.38. The Bertz CT molecular complexity index is 447. The maximum atomic E-state index is 13.2. The Morgan fingerprint density at radius 3 is 2.56 bits per heavy atom. The Hall–Kier alpha value is -1.46. The first kappa shape index (κ1) is 13.0. The molecule has 0 amide bonds. The number of imidazole rings is 1. The second-order valence-corrected chi connectivity index (χ2v) is 4.78. The van der Waals surface area contributed by atoms with Crippen molar-refractivity contribution in [2.75, 3.05) is 0 Å². The molecule has 0 aliphatic heterocycles. The topological polar surface area (TPSA) is 55.1 Å². The number of alkyl halides is 2. The molecule has 1 fully saturated rings. The first-order chi connectivity index (χ1) is 8.41. The SMILES string of the molecule is CCn1ccnc1C1(C(=O)O)CCC(F)(F)CC1. The van der Waals surface area contributed by atoms with Gasteiger partial charge in [-0.25, -0.2) is 13.8 Å². The second kappa shape index (κ2) is 4.33. The van der Waals surface area contributed by atoms with Crippen LogP contribution in [0.2, 0.25) is 0 Å². The van der Waals surface area contributed by atoms with E-state index in [0.29, 0.717) is 12.4 Å². The number of hydrogen-bond acceptors (Lipinski definition) is 2. The number of carbonyl (C=O) groups is 1. The van der Waals surface area contributed by atoms with Crippen LogP contribution in [0.25, 0.3) is 0 Å². The molecule has 1 aromatic heterocycles. The van der Waals surface area contributed by atoms with Crippen LogP contribution in [0.4, 0.5) is 8.78 Å². The quantitative estimate of drug-likeness (QED) is 0.906. The molecule has 1 aromatic rings. The zero-order chi connectivity index (χ0) is 13.4. The summed E-state index contributed by atoms with van der Waals surface area (Å²) in [5.74, 6) is -3.41. The van der Waals surface area contributed by atoms with E-state index in [4.69, 9.17) is 0 Å². The number of carboxylic acid groups (broad SMARTS) is 1. The number of aliphatic carboxylic acids is 1. The van der Waals surface area contributed by atoms with Crippen LogP contribution in [0.5, 0.6) is 0 Å². The van der Waals surface area contributed by atoms with Crippen molar-refractivity contribution >= 4 is 5.97 Å². The van der Waals surface area contributed by atoms with Gasteiger partial charge in [0.25, 0.3) is 0 Å². The molecule has 0 atom stereocenters. The van der Waals surface area contributed by atoms with Crippen LogP contribution >= 0.6 is 0 Å². The summed E-state index contributed by atoms with van der Waals surface area (Å²) in [5, 5.41) is 9.45. The van der Waals surface area contributed by atoms with Crippen molar-refractivity contribution in [3.8, 4) is 0 Å². The van der Waals surface area contributed by atoms with Crippen LogP contribution in [-0.4, -0.2) is 26.5 Å². The molecular formula is C12H16F2N2O2. The average Bonchev–Trinajstić information content (AvgIpc) is 2.77. The van der Waals surface area contributed by atoms with Gasteiger partial charge >= 0.3 is 5.97 Å². The molecule has 100 valence electrons. The van der Waals surface area contributed by atoms with E-state index >= 15 is 0 Å². The molecule has 0 saturated heterocycles. The fourth-order valence-electron chi connectivity index (χ4n) is 2.56. The van der Waals surface area contributed by atoms with E-state index in [1.807, 2.05) is 6.92 Å². The largest absolute Gasteiger partial charge is 0.480 e. The monoisotopic (exact) mass is 258 g/mol. The van der Waals surface area contributed by atoms with Crippen molar-refractivity contribution in [1.82, 2.24) is 9.55 Å². The molecule has 0 spiro atoms. The molecule has 0 bridgehead atoms. The molecule has 1 saturated carbocycles. The predicted molar refractivity (Wildman–Crippen MR) is 60.6 cm³/mol. The number of rotatable bonds is 3. The van der Waals surface area contributed by atoms with E-state index < -0.39 is 30.1 Å². The lowest BCUT2D eigenvalue weighted by Gasteiger charge is -2.36. The zero-order valence-electron chi connectivity index (χ0n) is 10.2. The van der Waals surface area contributed by atoms with Gasteiger partial charge < -0.3 is 9.67 Å². The summed E-state index contributed by atoms with van der Waals surface area (Å²) in [6.45, 7) is 2.46. The first-order valence-corrected chi connectivity index (χ1v) is 6.04. The lowest BCUT2D eigenvalue weighted by Crippen LogP contribution is -2.44. The van der Waals surface area contributed by atoms with Crippen molar-refractivity contribution in [2.45, 2.75) is 50.5 Å². The second-order valence-electron chi connectivity index (χ2n) is 4.78. The summed E-state index contributed by atoms with van der Waals surface area (Å²) in [5.41, 5.74) is -1.26. The molecule has 0 aromatic carbocycles. The number of hydrogen-bond donors (Lipinski definition) is 1. The summed E-state index contributed by atoms with van der Waals surface area (Å²) in [7, 11) is 0. The fourth-order valence-corrected chi connectivity index (χ4v) is 2.56. The van der Waals surface area contributed by atoms with Crippen LogP contribution in [-0.2, 0) is 16.8 Å². The molecule has 2 rings (SSSR count). The van der Waals surface area contributed by atoms with Gasteiger partial charge in [0.15, 0.2) is 0 Å². The van der Waals surface area contributed by atoms with E-state index in [1.165, 1.54) is 6.20 Å². The Labute approximate surface area is 104 Å². The lowest BCUT2D eigenvalue weighted by atomic mass is 9.72. The van der Waals surface area contributed by atoms with E-state index in [1.54, 1.807) is 10.8 Å². The predicted octanol–water partition coefficient (Wildman–Crippen LogP) is 2.43. The molecule has 1 aliphatic carbocycles. The summed E-state index contributed by atoms with van der Waals surface area (Å²) in [6.07, 6.45) is 2.30. The highest BCUT2D eigenvalue weighted by atomic mass is 19.3. The number of aromatic nitrogens is 2. The molecule has 1 N–H and O–H groups in total. The number of carboxylic acids is 1. The van der Waals surface area contributed by atoms with E-state index in [0.717, 1.165) is 0 Å². The van der Waals surface area contributed by atoms with Crippen molar-refractivity contribution in [1.29, 1.82) is 0 Å². The molecule has 4 nitrogen and oxygen atoms in total. The highest BCUT2D eigenvalue weighted by molar-refractivity contribution is 5.80. The van der Waals surface area contributed by atoms with Gasteiger partial charge in [0.05, 0.1) is 0 Å². The molecule has 0 radical (unpaired) electrons. The van der Waals surface area contributed by atoms with Gasteiger partial charge in [0.1, 0.15) is 11.2 Å². The zero-order valence-corrected chi connectivity index (χ0v) is 10.2. The van der Waals surface area contributed by atoms with Gasteiger partial charge in [-0.1, -0.05) is 0 Å². The van der Waals surface area contributed by atoms with Crippen LogP contribution in [0, 0.1) is 0 Å². The summed E-state index contributed by atoms with van der Waals surface area (Å²) in [4.78, 5) is 15.6. The van der Waals surface area contributed by atoms with Crippen molar-refractivity contribution in [3.63, 3.8) is 0 Å².